The van der Waals surface area contributed by atoms with E-state index in [9.17, 15) is 0 Å². The Morgan fingerprint density at radius 3 is 2.78 bits per heavy atom. The smallest absolute Gasteiger partial charge is 0.0509 e. The quantitative estimate of drug-likeness (QED) is 0.762. The fourth-order valence-corrected chi connectivity index (χ4v) is 2.31. The molecule has 1 atom stereocenters. The van der Waals surface area contributed by atoms with Gasteiger partial charge in [-0.2, -0.15) is 0 Å². The van der Waals surface area contributed by atoms with Crippen molar-refractivity contribution in [3.8, 4) is 0 Å². The summed E-state index contributed by atoms with van der Waals surface area (Å²) in [6, 6.07) is 8.66. The fraction of sp³-hybridized carbons (Fsp3) is 0.625. The Labute approximate surface area is 111 Å². The molecule has 1 aliphatic rings. The molecule has 0 amide bonds. The molecular formula is C16H25NO. The molecule has 100 valence electrons. The van der Waals surface area contributed by atoms with Crippen molar-refractivity contribution in [2.45, 2.75) is 26.2 Å². The molecule has 0 saturated heterocycles. The number of ether oxygens (including phenoxy) is 1. The van der Waals surface area contributed by atoms with Gasteiger partial charge in [0.05, 0.1) is 6.61 Å². The Morgan fingerprint density at radius 2 is 2.11 bits per heavy atom. The normalized spacial score (nSPS) is 16.8. The van der Waals surface area contributed by atoms with Gasteiger partial charge in [0.2, 0.25) is 0 Å². The third-order valence-electron chi connectivity index (χ3n) is 3.67. The number of hydrogen-bond acceptors (Lipinski definition) is 2. The Kier molecular flexibility index (Phi) is 5.21. The van der Waals surface area contributed by atoms with Gasteiger partial charge in [-0.05, 0) is 56.2 Å². The van der Waals surface area contributed by atoms with Crippen LogP contribution in [0.3, 0.4) is 0 Å². The fourth-order valence-electron chi connectivity index (χ4n) is 2.31. The minimum absolute atomic E-state index is 0.579. The monoisotopic (exact) mass is 247 g/mol. The SMILES string of the molecule is CNCC(COCC1CC1)Cc1ccccc1C. The summed E-state index contributed by atoms with van der Waals surface area (Å²) in [6.45, 7) is 5.06. The summed E-state index contributed by atoms with van der Waals surface area (Å²) >= 11 is 0. The van der Waals surface area contributed by atoms with Crippen LogP contribution in [0.2, 0.25) is 0 Å². The summed E-state index contributed by atoms with van der Waals surface area (Å²) in [5.74, 6) is 1.44. The Bertz CT molecular complexity index is 360. The summed E-state index contributed by atoms with van der Waals surface area (Å²) in [5, 5.41) is 3.28. The summed E-state index contributed by atoms with van der Waals surface area (Å²) in [7, 11) is 2.02. The van der Waals surface area contributed by atoms with E-state index in [1.54, 1.807) is 0 Å². The molecule has 0 aromatic heterocycles. The predicted molar refractivity (Wildman–Crippen MR) is 75.8 cm³/mol. The van der Waals surface area contributed by atoms with Crippen molar-refractivity contribution in [2.75, 3.05) is 26.8 Å². The molecule has 2 rings (SSSR count). The number of benzene rings is 1. The summed E-state index contributed by atoms with van der Waals surface area (Å²) in [4.78, 5) is 0. The zero-order valence-corrected chi connectivity index (χ0v) is 11.6. The van der Waals surface area contributed by atoms with Gasteiger partial charge in [0.25, 0.3) is 0 Å². The van der Waals surface area contributed by atoms with Gasteiger partial charge in [0.1, 0.15) is 0 Å². The number of rotatable bonds is 8. The van der Waals surface area contributed by atoms with E-state index in [2.05, 4.69) is 36.5 Å². The van der Waals surface area contributed by atoms with Gasteiger partial charge in [0.15, 0.2) is 0 Å². The lowest BCUT2D eigenvalue weighted by atomic mass is 9.96. The minimum Gasteiger partial charge on any atom is -0.381 e. The molecule has 18 heavy (non-hydrogen) atoms. The van der Waals surface area contributed by atoms with Gasteiger partial charge in [0, 0.05) is 13.2 Å². The third kappa shape index (κ3) is 4.43. The van der Waals surface area contributed by atoms with Crippen molar-refractivity contribution in [2.24, 2.45) is 11.8 Å². The van der Waals surface area contributed by atoms with Gasteiger partial charge in [-0.1, -0.05) is 24.3 Å². The van der Waals surface area contributed by atoms with E-state index in [1.165, 1.54) is 24.0 Å². The molecule has 2 heteroatoms. The lowest BCUT2D eigenvalue weighted by Gasteiger charge is -2.18. The largest absolute Gasteiger partial charge is 0.381 e. The van der Waals surface area contributed by atoms with Crippen LogP contribution >= 0.6 is 0 Å². The van der Waals surface area contributed by atoms with Crippen LogP contribution in [0.1, 0.15) is 24.0 Å². The molecule has 1 unspecified atom stereocenters. The van der Waals surface area contributed by atoms with Gasteiger partial charge in [-0.3, -0.25) is 0 Å². The Morgan fingerprint density at radius 1 is 1.33 bits per heavy atom. The molecule has 1 saturated carbocycles. The average molecular weight is 247 g/mol. The zero-order valence-electron chi connectivity index (χ0n) is 11.6. The van der Waals surface area contributed by atoms with Crippen molar-refractivity contribution < 1.29 is 4.74 Å². The van der Waals surface area contributed by atoms with E-state index < -0.39 is 0 Å². The molecular weight excluding hydrogens is 222 g/mol. The van der Waals surface area contributed by atoms with Crippen LogP contribution in [0.25, 0.3) is 0 Å². The lowest BCUT2D eigenvalue weighted by Crippen LogP contribution is -2.25. The van der Waals surface area contributed by atoms with E-state index in [-0.39, 0.29) is 0 Å². The number of nitrogens with one attached hydrogen (secondary N) is 1. The van der Waals surface area contributed by atoms with Crippen LogP contribution in [0.4, 0.5) is 0 Å². The van der Waals surface area contributed by atoms with Gasteiger partial charge in [-0.15, -0.1) is 0 Å². The maximum atomic E-state index is 5.84. The van der Waals surface area contributed by atoms with Crippen LogP contribution in [-0.4, -0.2) is 26.8 Å². The standard InChI is InChI=1S/C16H25NO/c1-13-5-3-4-6-16(13)9-15(10-17-2)12-18-11-14-7-8-14/h3-6,14-15,17H,7-12H2,1-2H3. The highest BCUT2D eigenvalue weighted by molar-refractivity contribution is 5.25. The van der Waals surface area contributed by atoms with Gasteiger partial charge >= 0.3 is 0 Å². The first-order valence-electron chi connectivity index (χ1n) is 7.06. The molecule has 0 bridgehead atoms. The van der Waals surface area contributed by atoms with Crippen LogP contribution in [-0.2, 0) is 11.2 Å². The van der Waals surface area contributed by atoms with Crippen molar-refractivity contribution in [3.05, 3.63) is 35.4 Å². The van der Waals surface area contributed by atoms with E-state index in [0.29, 0.717) is 5.92 Å². The first-order chi connectivity index (χ1) is 8.79. The maximum absolute atomic E-state index is 5.84. The first-order valence-corrected chi connectivity index (χ1v) is 7.06. The number of aryl methyl sites for hydroxylation is 1. The van der Waals surface area contributed by atoms with Crippen LogP contribution < -0.4 is 5.32 Å². The molecule has 0 heterocycles. The van der Waals surface area contributed by atoms with Crippen LogP contribution in [0.15, 0.2) is 24.3 Å². The molecule has 0 aliphatic heterocycles. The second-order valence-electron chi connectivity index (χ2n) is 5.54. The van der Waals surface area contributed by atoms with Crippen molar-refractivity contribution in [1.29, 1.82) is 0 Å². The summed E-state index contributed by atoms with van der Waals surface area (Å²) < 4.78 is 5.84. The third-order valence-corrected chi connectivity index (χ3v) is 3.67. The van der Waals surface area contributed by atoms with E-state index in [4.69, 9.17) is 4.74 Å². The molecule has 1 aromatic rings. The van der Waals surface area contributed by atoms with E-state index in [1.807, 2.05) is 7.05 Å². The van der Waals surface area contributed by atoms with Gasteiger partial charge < -0.3 is 10.1 Å². The predicted octanol–water partition coefficient (Wildman–Crippen LogP) is 2.80. The summed E-state index contributed by atoms with van der Waals surface area (Å²) in [6.07, 6.45) is 3.85. The molecule has 1 fully saturated rings. The van der Waals surface area contributed by atoms with Crippen LogP contribution in [0, 0.1) is 18.8 Å². The average Bonchev–Trinajstić information content (AvgIpc) is 3.16. The highest BCUT2D eigenvalue weighted by Crippen LogP contribution is 2.29. The van der Waals surface area contributed by atoms with Crippen molar-refractivity contribution in [1.82, 2.24) is 5.32 Å². The minimum atomic E-state index is 0.579. The molecule has 2 nitrogen and oxygen atoms in total. The lowest BCUT2D eigenvalue weighted by molar-refractivity contribution is 0.0913. The number of hydrogen-bond donors (Lipinski definition) is 1. The Hall–Kier alpha value is -0.860. The molecule has 1 aliphatic carbocycles. The van der Waals surface area contributed by atoms with Crippen molar-refractivity contribution in [3.63, 3.8) is 0 Å². The second kappa shape index (κ2) is 6.91. The van der Waals surface area contributed by atoms with Gasteiger partial charge in [-0.25, -0.2) is 0 Å². The topological polar surface area (TPSA) is 21.3 Å². The molecule has 0 radical (unpaired) electrons. The first kappa shape index (κ1) is 13.6. The zero-order chi connectivity index (χ0) is 12.8. The summed E-state index contributed by atoms with van der Waals surface area (Å²) in [5.41, 5.74) is 2.84. The van der Waals surface area contributed by atoms with Crippen LogP contribution in [0.5, 0.6) is 0 Å². The van der Waals surface area contributed by atoms with E-state index in [0.717, 1.165) is 32.1 Å². The van der Waals surface area contributed by atoms with E-state index >= 15 is 0 Å². The maximum Gasteiger partial charge on any atom is 0.0509 e. The molecule has 1 N–H and O–H groups in total. The highest BCUT2D eigenvalue weighted by Gasteiger charge is 2.21. The second-order valence-corrected chi connectivity index (χ2v) is 5.54. The molecule has 1 aromatic carbocycles. The van der Waals surface area contributed by atoms with Crippen molar-refractivity contribution >= 4 is 0 Å². The Balaban J connectivity index is 1.82. The molecule has 0 spiro atoms. The highest BCUT2D eigenvalue weighted by atomic mass is 16.5.